The number of halogens is 4. The molecule has 146 valence electrons. The summed E-state index contributed by atoms with van der Waals surface area (Å²) in [5.41, 5.74) is -1.62. The fourth-order valence-corrected chi connectivity index (χ4v) is 3.00. The average molecular weight is 400 g/mol. The van der Waals surface area contributed by atoms with Crippen molar-refractivity contribution < 1.29 is 22.4 Å². The number of nitrogens with zero attached hydrogens (tertiary/aromatic N) is 3. The van der Waals surface area contributed by atoms with Gasteiger partial charge in [-0.15, -0.1) is 0 Å². The van der Waals surface area contributed by atoms with Gasteiger partial charge >= 0.3 is 6.18 Å². The predicted octanol–water partition coefficient (Wildman–Crippen LogP) is 4.83. The molecule has 0 bridgehead atoms. The summed E-state index contributed by atoms with van der Waals surface area (Å²) < 4.78 is 55.6. The van der Waals surface area contributed by atoms with Gasteiger partial charge in [0.05, 0.1) is 23.0 Å². The van der Waals surface area contributed by atoms with Gasteiger partial charge in [0.2, 0.25) is 0 Å². The fraction of sp³-hybridized carbons (Fsp3) is 0.0500. The average Bonchev–Trinajstić information content (AvgIpc) is 3.14. The normalized spacial score (nSPS) is 11.6. The number of benzene rings is 2. The zero-order valence-electron chi connectivity index (χ0n) is 14.6. The highest BCUT2D eigenvalue weighted by Gasteiger charge is 2.41. The van der Waals surface area contributed by atoms with Gasteiger partial charge in [0, 0.05) is 11.6 Å². The molecule has 1 N–H and O–H groups in total. The van der Waals surface area contributed by atoms with Crippen molar-refractivity contribution in [3.8, 4) is 5.69 Å². The van der Waals surface area contributed by atoms with Crippen molar-refractivity contribution in [2.75, 3.05) is 5.32 Å². The standard InChI is InChI=1S/C20H12F4N4O/c21-14-6-1-2-9-17(14)28-18(20(22,23)24)13(11-26-28)19(29)27-16-8-3-7-15-12(16)5-4-10-25-15/h1-11H,(H,27,29). The third kappa shape index (κ3) is 3.42. The molecule has 0 saturated heterocycles. The van der Waals surface area contributed by atoms with Crippen LogP contribution in [-0.4, -0.2) is 20.7 Å². The number of nitrogens with one attached hydrogen (secondary N) is 1. The summed E-state index contributed by atoms with van der Waals surface area (Å²) in [6.45, 7) is 0. The predicted molar refractivity (Wildman–Crippen MR) is 98.2 cm³/mol. The van der Waals surface area contributed by atoms with Crippen LogP contribution in [0.25, 0.3) is 16.6 Å². The summed E-state index contributed by atoms with van der Waals surface area (Å²) in [4.78, 5) is 16.8. The summed E-state index contributed by atoms with van der Waals surface area (Å²) >= 11 is 0. The smallest absolute Gasteiger partial charge is 0.321 e. The number of hydrogen-bond donors (Lipinski definition) is 1. The number of carbonyl (C=O) groups is 1. The third-order valence-electron chi connectivity index (χ3n) is 4.26. The highest BCUT2D eigenvalue weighted by Crippen LogP contribution is 2.34. The molecule has 0 aliphatic rings. The van der Waals surface area contributed by atoms with Crippen LogP contribution in [-0.2, 0) is 6.18 Å². The van der Waals surface area contributed by atoms with Crippen molar-refractivity contribution >= 4 is 22.5 Å². The molecule has 2 heterocycles. The van der Waals surface area contributed by atoms with Crippen molar-refractivity contribution in [1.82, 2.24) is 14.8 Å². The maximum atomic E-state index is 14.0. The molecular formula is C20H12F4N4O. The monoisotopic (exact) mass is 400 g/mol. The molecule has 0 unspecified atom stereocenters. The fourth-order valence-electron chi connectivity index (χ4n) is 3.00. The number of fused-ring (bicyclic) bond motifs is 1. The van der Waals surface area contributed by atoms with Crippen LogP contribution in [0, 0.1) is 5.82 Å². The van der Waals surface area contributed by atoms with E-state index in [0.29, 0.717) is 21.3 Å². The van der Waals surface area contributed by atoms with Crippen molar-refractivity contribution in [3.63, 3.8) is 0 Å². The van der Waals surface area contributed by atoms with E-state index in [1.165, 1.54) is 12.1 Å². The van der Waals surface area contributed by atoms with Gasteiger partial charge in [-0.3, -0.25) is 9.78 Å². The van der Waals surface area contributed by atoms with Crippen LogP contribution in [0.2, 0.25) is 0 Å². The Morgan fingerprint density at radius 1 is 1.00 bits per heavy atom. The molecular weight excluding hydrogens is 388 g/mol. The number of carbonyl (C=O) groups excluding carboxylic acids is 1. The van der Waals surface area contributed by atoms with Gasteiger partial charge in [-0.2, -0.15) is 18.3 Å². The molecule has 0 aliphatic carbocycles. The molecule has 0 saturated carbocycles. The van der Waals surface area contributed by atoms with Crippen LogP contribution in [0.5, 0.6) is 0 Å². The topological polar surface area (TPSA) is 59.8 Å². The Morgan fingerprint density at radius 2 is 1.79 bits per heavy atom. The van der Waals surface area contributed by atoms with E-state index in [4.69, 9.17) is 0 Å². The van der Waals surface area contributed by atoms with E-state index < -0.39 is 34.8 Å². The SMILES string of the molecule is O=C(Nc1cccc2ncccc12)c1cnn(-c2ccccc2F)c1C(F)(F)F. The molecule has 0 spiro atoms. The lowest BCUT2D eigenvalue weighted by molar-refractivity contribution is -0.143. The minimum atomic E-state index is -4.94. The quantitative estimate of drug-likeness (QED) is 0.501. The molecule has 9 heteroatoms. The second-order valence-corrected chi connectivity index (χ2v) is 6.10. The lowest BCUT2D eigenvalue weighted by atomic mass is 10.1. The maximum Gasteiger partial charge on any atom is 0.434 e. The third-order valence-corrected chi connectivity index (χ3v) is 4.26. The summed E-state index contributed by atoms with van der Waals surface area (Å²) in [7, 11) is 0. The van der Waals surface area contributed by atoms with E-state index in [1.54, 1.807) is 36.5 Å². The molecule has 5 nitrogen and oxygen atoms in total. The van der Waals surface area contributed by atoms with Crippen LogP contribution < -0.4 is 5.32 Å². The summed E-state index contributed by atoms with van der Waals surface area (Å²) in [6.07, 6.45) is -2.60. The molecule has 0 aliphatic heterocycles. The zero-order chi connectivity index (χ0) is 20.6. The van der Waals surface area contributed by atoms with Gasteiger partial charge in [-0.05, 0) is 36.4 Å². The summed E-state index contributed by atoms with van der Waals surface area (Å²) in [6, 6.07) is 13.1. The Balaban J connectivity index is 1.79. The number of aromatic nitrogens is 3. The molecule has 0 fully saturated rings. The first-order chi connectivity index (χ1) is 13.9. The summed E-state index contributed by atoms with van der Waals surface area (Å²) in [5.74, 6) is -1.91. The lowest BCUT2D eigenvalue weighted by Gasteiger charge is -2.13. The molecule has 2 aromatic heterocycles. The van der Waals surface area contributed by atoms with Gasteiger partial charge < -0.3 is 5.32 Å². The van der Waals surface area contributed by atoms with E-state index >= 15 is 0 Å². The van der Waals surface area contributed by atoms with E-state index in [2.05, 4.69) is 15.4 Å². The first-order valence-electron chi connectivity index (χ1n) is 8.41. The van der Waals surface area contributed by atoms with Gasteiger partial charge in [0.25, 0.3) is 5.91 Å². The van der Waals surface area contributed by atoms with Gasteiger partial charge in [-0.1, -0.05) is 18.2 Å². The van der Waals surface area contributed by atoms with Gasteiger partial charge in [-0.25, -0.2) is 9.07 Å². The van der Waals surface area contributed by atoms with Crippen molar-refractivity contribution in [2.24, 2.45) is 0 Å². The van der Waals surface area contributed by atoms with Crippen LogP contribution in [0.15, 0.2) is 67.0 Å². The number of rotatable bonds is 3. The number of amides is 1. The largest absolute Gasteiger partial charge is 0.434 e. The molecule has 4 rings (SSSR count). The number of pyridine rings is 1. The Labute approximate surface area is 161 Å². The number of alkyl halides is 3. The molecule has 0 atom stereocenters. The zero-order valence-corrected chi connectivity index (χ0v) is 14.6. The van der Waals surface area contributed by atoms with Crippen molar-refractivity contribution in [1.29, 1.82) is 0 Å². The molecule has 1 amide bonds. The summed E-state index contributed by atoms with van der Waals surface area (Å²) in [5, 5.41) is 6.66. The number of hydrogen-bond acceptors (Lipinski definition) is 3. The van der Waals surface area contributed by atoms with E-state index in [9.17, 15) is 22.4 Å². The Bertz CT molecular complexity index is 1210. The van der Waals surface area contributed by atoms with E-state index in [1.807, 2.05) is 0 Å². The minimum absolute atomic E-state index is 0.298. The van der Waals surface area contributed by atoms with Crippen LogP contribution in [0.3, 0.4) is 0 Å². The van der Waals surface area contributed by atoms with Crippen LogP contribution >= 0.6 is 0 Å². The Kier molecular flexibility index (Phi) is 4.50. The van der Waals surface area contributed by atoms with Crippen LogP contribution in [0.4, 0.5) is 23.2 Å². The number of anilines is 1. The van der Waals surface area contributed by atoms with E-state index in [0.717, 1.165) is 18.3 Å². The molecule has 0 radical (unpaired) electrons. The van der Waals surface area contributed by atoms with E-state index in [-0.39, 0.29) is 0 Å². The lowest BCUT2D eigenvalue weighted by Crippen LogP contribution is -2.21. The highest BCUT2D eigenvalue weighted by atomic mass is 19.4. The first kappa shape index (κ1) is 18.6. The van der Waals surface area contributed by atoms with Crippen molar-refractivity contribution in [2.45, 2.75) is 6.18 Å². The number of para-hydroxylation sites is 1. The molecule has 4 aromatic rings. The van der Waals surface area contributed by atoms with Gasteiger partial charge in [0.15, 0.2) is 5.69 Å². The second-order valence-electron chi connectivity index (χ2n) is 6.10. The second kappa shape index (κ2) is 7.01. The van der Waals surface area contributed by atoms with Gasteiger partial charge in [0.1, 0.15) is 11.5 Å². The molecule has 2 aromatic carbocycles. The maximum absolute atomic E-state index is 14.0. The first-order valence-corrected chi connectivity index (χ1v) is 8.41. The molecule has 29 heavy (non-hydrogen) atoms. The Morgan fingerprint density at radius 3 is 2.55 bits per heavy atom. The van der Waals surface area contributed by atoms with Crippen LogP contribution in [0.1, 0.15) is 16.1 Å². The Hall–Kier alpha value is -3.75. The van der Waals surface area contributed by atoms with Crippen molar-refractivity contribution in [3.05, 3.63) is 84.1 Å². The highest BCUT2D eigenvalue weighted by molar-refractivity contribution is 6.09. The minimum Gasteiger partial charge on any atom is -0.321 e.